The molecule has 8 heteroatoms. The van der Waals surface area contributed by atoms with Crippen LogP contribution in [-0.2, 0) is 14.8 Å². The van der Waals surface area contributed by atoms with Gasteiger partial charge in [-0.1, -0.05) is 43.6 Å². The molecule has 152 valence electrons. The Morgan fingerprint density at radius 2 is 1.79 bits per heavy atom. The van der Waals surface area contributed by atoms with E-state index < -0.39 is 10.0 Å². The molecule has 6 nitrogen and oxygen atoms in total. The number of hydrogen-bond donors (Lipinski definition) is 2. The monoisotopic (exact) mass is 424 g/mol. The van der Waals surface area contributed by atoms with Crippen LogP contribution in [0.1, 0.15) is 32.4 Å². The van der Waals surface area contributed by atoms with Crippen LogP contribution in [-0.4, -0.2) is 38.3 Å². The molecule has 28 heavy (non-hydrogen) atoms. The van der Waals surface area contributed by atoms with Crippen LogP contribution in [0.2, 0.25) is 5.02 Å². The van der Waals surface area contributed by atoms with Crippen molar-refractivity contribution in [2.24, 2.45) is 0 Å². The predicted octanol–water partition coefficient (Wildman–Crippen LogP) is 2.63. The highest BCUT2D eigenvalue weighted by Crippen LogP contribution is 2.19. The number of sulfonamides is 1. The van der Waals surface area contributed by atoms with E-state index in [1.54, 1.807) is 26.0 Å². The summed E-state index contributed by atoms with van der Waals surface area (Å²) in [5.41, 5.74) is 1.54. The number of rotatable bonds is 9. The Hall–Kier alpha value is -1.93. The van der Waals surface area contributed by atoms with Crippen LogP contribution in [0.15, 0.2) is 53.4 Å². The van der Waals surface area contributed by atoms with Crippen LogP contribution in [0.4, 0.5) is 5.69 Å². The average molecular weight is 425 g/mol. The summed E-state index contributed by atoms with van der Waals surface area (Å²) < 4.78 is 26.6. The van der Waals surface area contributed by atoms with Gasteiger partial charge in [-0.2, -0.15) is 4.31 Å². The SMILES string of the molecule is CCN(CC)S(=O)(=O)c1cccc(NC(=O)C[NH2+][C@@H](C)c2ccc(Cl)cc2)c1. The summed E-state index contributed by atoms with van der Waals surface area (Å²) in [6, 6.07) is 14.0. The number of hydrogen-bond acceptors (Lipinski definition) is 3. The van der Waals surface area contributed by atoms with E-state index >= 15 is 0 Å². The fourth-order valence-electron chi connectivity index (χ4n) is 2.85. The Labute approximate surface area is 171 Å². The first-order valence-electron chi connectivity index (χ1n) is 9.26. The fourth-order valence-corrected chi connectivity index (χ4v) is 4.48. The lowest BCUT2D eigenvalue weighted by molar-refractivity contribution is -0.682. The van der Waals surface area contributed by atoms with Gasteiger partial charge in [0.2, 0.25) is 10.0 Å². The van der Waals surface area contributed by atoms with Gasteiger partial charge in [0.25, 0.3) is 5.91 Å². The number of amides is 1. The molecule has 0 fully saturated rings. The molecule has 2 rings (SSSR count). The first kappa shape index (κ1) is 22.4. The van der Waals surface area contributed by atoms with Crippen molar-refractivity contribution in [3.05, 3.63) is 59.1 Å². The first-order valence-corrected chi connectivity index (χ1v) is 11.1. The number of nitrogens with two attached hydrogens (primary N) is 1. The van der Waals surface area contributed by atoms with Gasteiger partial charge < -0.3 is 10.6 Å². The number of nitrogens with zero attached hydrogens (tertiary/aromatic N) is 1. The van der Waals surface area contributed by atoms with Crippen LogP contribution in [0, 0.1) is 0 Å². The predicted molar refractivity (Wildman–Crippen MR) is 112 cm³/mol. The van der Waals surface area contributed by atoms with E-state index in [9.17, 15) is 13.2 Å². The zero-order valence-electron chi connectivity index (χ0n) is 16.4. The lowest BCUT2D eigenvalue weighted by Crippen LogP contribution is -2.86. The molecule has 2 aromatic carbocycles. The Kier molecular flexibility index (Phi) is 8.00. The highest BCUT2D eigenvalue weighted by atomic mass is 35.5. The molecule has 0 aliphatic heterocycles. The maximum absolute atomic E-state index is 12.6. The molecule has 0 saturated heterocycles. The Morgan fingerprint density at radius 3 is 2.39 bits per heavy atom. The van der Waals surface area contributed by atoms with E-state index in [1.807, 2.05) is 36.5 Å². The third kappa shape index (κ3) is 5.78. The third-order valence-corrected chi connectivity index (χ3v) is 6.81. The molecule has 3 N–H and O–H groups in total. The topological polar surface area (TPSA) is 83.1 Å². The molecular weight excluding hydrogens is 398 g/mol. The zero-order chi connectivity index (χ0) is 20.7. The van der Waals surface area contributed by atoms with Gasteiger partial charge in [0.05, 0.1) is 4.90 Å². The first-order chi connectivity index (χ1) is 13.3. The minimum atomic E-state index is -3.56. The van der Waals surface area contributed by atoms with Crippen LogP contribution in [0.5, 0.6) is 0 Å². The van der Waals surface area contributed by atoms with Gasteiger partial charge >= 0.3 is 0 Å². The molecule has 0 bridgehead atoms. The fraction of sp³-hybridized carbons (Fsp3) is 0.350. The number of anilines is 1. The molecule has 0 radical (unpaired) electrons. The Bertz CT molecular complexity index is 897. The maximum Gasteiger partial charge on any atom is 0.279 e. The number of halogens is 1. The van der Waals surface area contributed by atoms with Crippen molar-refractivity contribution in [2.45, 2.75) is 31.7 Å². The summed E-state index contributed by atoms with van der Waals surface area (Å²) in [6.07, 6.45) is 0. The van der Waals surface area contributed by atoms with Crippen LogP contribution < -0.4 is 10.6 Å². The lowest BCUT2D eigenvalue weighted by Gasteiger charge is -2.18. The maximum atomic E-state index is 12.6. The van der Waals surface area contributed by atoms with Crippen molar-refractivity contribution in [1.82, 2.24) is 4.31 Å². The normalized spacial score (nSPS) is 12.8. The molecule has 0 aliphatic rings. The molecule has 0 unspecified atom stereocenters. The number of quaternary nitrogens is 1. The summed E-state index contributed by atoms with van der Waals surface area (Å²) in [4.78, 5) is 12.5. The van der Waals surface area contributed by atoms with Crippen molar-refractivity contribution in [3.63, 3.8) is 0 Å². The van der Waals surface area contributed by atoms with Crippen molar-refractivity contribution in [3.8, 4) is 0 Å². The van der Waals surface area contributed by atoms with Gasteiger partial charge in [0, 0.05) is 29.4 Å². The highest BCUT2D eigenvalue weighted by Gasteiger charge is 2.22. The molecule has 0 saturated carbocycles. The minimum absolute atomic E-state index is 0.0948. The van der Waals surface area contributed by atoms with Crippen LogP contribution in [0.3, 0.4) is 0 Å². The zero-order valence-corrected chi connectivity index (χ0v) is 17.9. The van der Waals surface area contributed by atoms with Gasteiger partial charge in [-0.3, -0.25) is 4.79 Å². The van der Waals surface area contributed by atoms with Crippen molar-refractivity contribution < 1.29 is 18.5 Å². The molecule has 0 spiro atoms. The number of benzene rings is 2. The van der Waals surface area contributed by atoms with Gasteiger partial charge in [-0.25, -0.2) is 8.42 Å². The third-order valence-electron chi connectivity index (χ3n) is 4.51. The average Bonchev–Trinajstić information content (AvgIpc) is 2.67. The van der Waals surface area contributed by atoms with Crippen molar-refractivity contribution in [1.29, 1.82) is 0 Å². The van der Waals surface area contributed by atoms with E-state index in [1.165, 1.54) is 16.4 Å². The number of carbonyl (C=O) groups is 1. The molecular formula is C20H27ClN3O3S+. The summed E-state index contributed by atoms with van der Waals surface area (Å²) >= 11 is 5.90. The lowest BCUT2D eigenvalue weighted by atomic mass is 10.1. The number of carbonyl (C=O) groups excluding carboxylic acids is 1. The molecule has 0 aromatic heterocycles. The smallest absolute Gasteiger partial charge is 0.279 e. The van der Waals surface area contributed by atoms with Crippen molar-refractivity contribution in [2.75, 3.05) is 25.0 Å². The highest BCUT2D eigenvalue weighted by molar-refractivity contribution is 7.89. The second-order valence-electron chi connectivity index (χ2n) is 6.45. The second-order valence-corrected chi connectivity index (χ2v) is 8.82. The minimum Gasteiger partial charge on any atom is -0.333 e. The van der Waals surface area contributed by atoms with Crippen LogP contribution in [0.25, 0.3) is 0 Å². The molecule has 1 atom stereocenters. The van der Waals surface area contributed by atoms with Gasteiger partial charge in [-0.15, -0.1) is 0 Å². The van der Waals surface area contributed by atoms with Gasteiger partial charge in [0.15, 0.2) is 6.54 Å². The standard InChI is InChI=1S/C20H26ClN3O3S/c1-4-24(5-2)28(26,27)19-8-6-7-18(13-19)23-20(25)14-22-15(3)16-9-11-17(21)12-10-16/h6-13,15,22H,4-5,14H2,1-3H3,(H,23,25)/p+1/t15-/m0/s1. The molecule has 2 aromatic rings. The Morgan fingerprint density at radius 1 is 1.14 bits per heavy atom. The van der Waals surface area contributed by atoms with E-state index in [2.05, 4.69) is 5.32 Å². The Balaban J connectivity index is 2.00. The summed E-state index contributed by atoms with van der Waals surface area (Å²) in [5.74, 6) is -0.196. The van der Waals surface area contributed by atoms with E-state index in [-0.39, 0.29) is 23.4 Å². The molecule has 0 aliphatic carbocycles. The van der Waals surface area contributed by atoms with E-state index in [4.69, 9.17) is 11.6 Å². The van der Waals surface area contributed by atoms with Crippen molar-refractivity contribution >= 4 is 33.2 Å². The molecule has 0 heterocycles. The van der Waals surface area contributed by atoms with E-state index in [0.29, 0.717) is 23.8 Å². The molecule has 1 amide bonds. The van der Waals surface area contributed by atoms with Gasteiger partial charge in [0.1, 0.15) is 6.04 Å². The van der Waals surface area contributed by atoms with Gasteiger partial charge in [-0.05, 0) is 37.3 Å². The second kappa shape index (κ2) is 10.0. The quantitative estimate of drug-likeness (QED) is 0.649. The summed E-state index contributed by atoms with van der Waals surface area (Å²) in [5, 5.41) is 5.36. The van der Waals surface area contributed by atoms with E-state index in [0.717, 1.165) is 5.56 Å². The number of nitrogens with one attached hydrogen (secondary N) is 1. The largest absolute Gasteiger partial charge is 0.333 e. The summed E-state index contributed by atoms with van der Waals surface area (Å²) in [7, 11) is -3.56. The summed E-state index contributed by atoms with van der Waals surface area (Å²) in [6.45, 7) is 6.61. The van der Waals surface area contributed by atoms with Crippen LogP contribution >= 0.6 is 11.6 Å².